The highest BCUT2D eigenvalue weighted by Crippen LogP contribution is 2.46. The zero-order chi connectivity index (χ0) is 32.3. The van der Waals surface area contributed by atoms with Crippen molar-refractivity contribution in [3.05, 3.63) is 182 Å². The van der Waals surface area contributed by atoms with Gasteiger partial charge in [0, 0.05) is 10.8 Å². The molecule has 0 atom stereocenters. The van der Waals surface area contributed by atoms with Crippen LogP contribution in [0.4, 0.5) is 0 Å². The van der Waals surface area contributed by atoms with E-state index in [0.717, 1.165) is 21.9 Å². The molecule has 49 heavy (non-hydrogen) atoms. The predicted octanol–water partition coefficient (Wildman–Crippen LogP) is 13.7. The fourth-order valence-corrected chi connectivity index (χ4v) is 7.77. The summed E-state index contributed by atoms with van der Waals surface area (Å²) in [5.41, 5.74) is 11.6. The predicted molar refractivity (Wildman–Crippen MR) is 208 cm³/mol. The van der Waals surface area contributed by atoms with Crippen molar-refractivity contribution < 1.29 is 4.42 Å². The zero-order valence-electron chi connectivity index (χ0n) is 26.7. The van der Waals surface area contributed by atoms with Gasteiger partial charge in [0.1, 0.15) is 11.2 Å². The molecule has 0 aliphatic heterocycles. The fourth-order valence-electron chi connectivity index (χ4n) is 7.77. The van der Waals surface area contributed by atoms with Gasteiger partial charge in [0.25, 0.3) is 0 Å². The lowest BCUT2D eigenvalue weighted by Crippen LogP contribution is -1.92. The molecule has 0 spiro atoms. The number of rotatable bonds is 4. The number of benzene rings is 9. The Morgan fingerprint density at radius 2 is 0.776 bits per heavy atom. The van der Waals surface area contributed by atoms with Crippen LogP contribution in [-0.4, -0.2) is 0 Å². The van der Waals surface area contributed by atoms with E-state index in [1.54, 1.807) is 0 Å². The van der Waals surface area contributed by atoms with Gasteiger partial charge in [-0.25, -0.2) is 0 Å². The maximum atomic E-state index is 6.18. The van der Waals surface area contributed by atoms with E-state index < -0.39 is 0 Å². The second-order valence-corrected chi connectivity index (χ2v) is 12.8. The molecular formula is C48H30O. The van der Waals surface area contributed by atoms with E-state index in [9.17, 15) is 0 Å². The van der Waals surface area contributed by atoms with Gasteiger partial charge >= 0.3 is 0 Å². The van der Waals surface area contributed by atoms with Crippen molar-refractivity contribution >= 4 is 54.3 Å². The molecule has 0 saturated carbocycles. The van der Waals surface area contributed by atoms with Crippen molar-refractivity contribution in [1.82, 2.24) is 0 Å². The van der Waals surface area contributed by atoms with Crippen molar-refractivity contribution in [2.75, 3.05) is 0 Å². The van der Waals surface area contributed by atoms with E-state index in [-0.39, 0.29) is 0 Å². The molecule has 228 valence electrons. The highest BCUT2D eigenvalue weighted by molar-refractivity contribution is 6.22. The third kappa shape index (κ3) is 4.47. The normalized spacial score (nSPS) is 11.7. The Bertz CT molecular complexity index is 2810. The van der Waals surface area contributed by atoms with Gasteiger partial charge in [-0.15, -0.1) is 0 Å². The summed E-state index contributed by atoms with van der Waals surface area (Å²) in [6.45, 7) is 0. The van der Waals surface area contributed by atoms with Crippen LogP contribution in [0.1, 0.15) is 0 Å². The van der Waals surface area contributed by atoms with E-state index in [0.29, 0.717) is 0 Å². The third-order valence-corrected chi connectivity index (χ3v) is 10.1. The number of furan rings is 1. The lowest BCUT2D eigenvalue weighted by Gasteiger charge is -2.20. The van der Waals surface area contributed by atoms with Crippen molar-refractivity contribution in [3.63, 3.8) is 0 Å². The van der Waals surface area contributed by atoms with Crippen LogP contribution in [0.25, 0.3) is 98.8 Å². The van der Waals surface area contributed by atoms with E-state index in [1.165, 1.54) is 76.8 Å². The summed E-state index contributed by atoms with van der Waals surface area (Å²) >= 11 is 0. The summed E-state index contributed by atoms with van der Waals surface area (Å²) in [5, 5.41) is 9.80. The SMILES string of the molecule is c1ccc(-c2c3ccccc3c(-c3ccc(-c4ccc5ccccc5c4)cc3)c3ccccc23)c(-c2ccc3oc4ccccc4c3c2)c1. The first-order chi connectivity index (χ1) is 24.3. The van der Waals surface area contributed by atoms with Crippen LogP contribution in [0.15, 0.2) is 186 Å². The molecule has 0 aliphatic carbocycles. The van der Waals surface area contributed by atoms with E-state index in [2.05, 4.69) is 170 Å². The molecule has 1 nitrogen and oxygen atoms in total. The Morgan fingerprint density at radius 1 is 0.265 bits per heavy atom. The number of fused-ring (bicyclic) bond motifs is 6. The molecule has 0 fully saturated rings. The maximum Gasteiger partial charge on any atom is 0.135 e. The lowest BCUT2D eigenvalue weighted by molar-refractivity contribution is 0.669. The first kappa shape index (κ1) is 27.7. The Labute approximate surface area is 284 Å². The van der Waals surface area contributed by atoms with Crippen molar-refractivity contribution in [2.24, 2.45) is 0 Å². The minimum Gasteiger partial charge on any atom is -0.456 e. The molecule has 10 rings (SSSR count). The first-order valence-electron chi connectivity index (χ1n) is 16.8. The van der Waals surface area contributed by atoms with E-state index in [4.69, 9.17) is 4.42 Å². The molecule has 1 aromatic heterocycles. The second kappa shape index (κ2) is 11.1. The van der Waals surface area contributed by atoms with Crippen LogP contribution < -0.4 is 0 Å². The van der Waals surface area contributed by atoms with E-state index in [1.807, 2.05) is 12.1 Å². The van der Waals surface area contributed by atoms with Crippen molar-refractivity contribution in [3.8, 4) is 44.5 Å². The molecule has 0 aliphatic rings. The summed E-state index contributed by atoms with van der Waals surface area (Å²) in [7, 11) is 0. The smallest absolute Gasteiger partial charge is 0.135 e. The molecule has 1 heterocycles. The zero-order valence-corrected chi connectivity index (χ0v) is 26.7. The molecule has 1 heteroatoms. The monoisotopic (exact) mass is 622 g/mol. The van der Waals surface area contributed by atoms with Crippen LogP contribution in [0.2, 0.25) is 0 Å². The van der Waals surface area contributed by atoms with Gasteiger partial charge in [-0.1, -0.05) is 158 Å². The Balaban J connectivity index is 1.17. The summed E-state index contributed by atoms with van der Waals surface area (Å²) in [6, 6.07) is 65.9. The standard InChI is InChI=1S/C48H30O/c1-2-12-34-29-35(26-23-31(34)11-1)32-21-24-33(25-22-32)47-40-16-5-7-18-42(40)48(43-19-8-6-17-41(43)47)39-15-4-3-13-37(39)36-27-28-46-44(30-36)38-14-9-10-20-45(38)49-46/h1-30H. The quantitative estimate of drug-likeness (QED) is 0.178. The van der Waals surface area contributed by atoms with Gasteiger partial charge in [0.2, 0.25) is 0 Å². The first-order valence-corrected chi connectivity index (χ1v) is 16.8. The molecule has 0 N–H and O–H groups in total. The molecule has 10 aromatic rings. The summed E-state index contributed by atoms with van der Waals surface area (Å²) in [5.74, 6) is 0. The number of hydrogen-bond acceptors (Lipinski definition) is 1. The molecular weight excluding hydrogens is 593 g/mol. The molecule has 9 aromatic carbocycles. The lowest BCUT2D eigenvalue weighted by atomic mass is 9.83. The van der Waals surface area contributed by atoms with Crippen molar-refractivity contribution in [1.29, 1.82) is 0 Å². The van der Waals surface area contributed by atoms with Gasteiger partial charge < -0.3 is 4.42 Å². The van der Waals surface area contributed by atoms with Gasteiger partial charge in [-0.2, -0.15) is 0 Å². The number of para-hydroxylation sites is 1. The van der Waals surface area contributed by atoms with Crippen molar-refractivity contribution in [2.45, 2.75) is 0 Å². The largest absolute Gasteiger partial charge is 0.456 e. The average molecular weight is 623 g/mol. The topological polar surface area (TPSA) is 13.1 Å². The minimum absolute atomic E-state index is 0.911. The highest BCUT2D eigenvalue weighted by atomic mass is 16.3. The molecule has 0 radical (unpaired) electrons. The Kier molecular flexibility index (Phi) is 6.25. The summed E-state index contributed by atoms with van der Waals surface area (Å²) in [4.78, 5) is 0. The average Bonchev–Trinajstić information content (AvgIpc) is 3.55. The van der Waals surface area contributed by atoms with E-state index >= 15 is 0 Å². The molecule has 0 amide bonds. The van der Waals surface area contributed by atoms with Gasteiger partial charge in [-0.05, 0) is 101 Å². The van der Waals surface area contributed by atoms with Crippen LogP contribution in [0, 0.1) is 0 Å². The van der Waals surface area contributed by atoms with Crippen LogP contribution >= 0.6 is 0 Å². The molecule has 0 saturated heterocycles. The summed E-state index contributed by atoms with van der Waals surface area (Å²) < 4.78 is 6.18. The van der Waals surface area contributed by atoms with Gasteiger partial charge in [0.05, 0.1) is 0 Å². The second-order valence-electron chi connectivity index (χ2n) is 12.8. The Hall–Kier alpha value is -6.44. The van der Waals surface area contributed by atoms with Crippen LogP contribution in [-0.2, 0) is 0 Å². The fraction of sp³-hybridized carbons (Fsp3) is 0. The maximum absolute atomic E-state index is 6.18. The summed E-state index contributed by atoms with van der Waals surface area (Å²) in [6.07, 6.45) is 0. The molecule has 0 unspecified atom stereocenters. The van der Waals surface area contributed by atoms with Gasteiger partial charge in [0.15, 0.2) is 0 Å². The van der Waals surface area contributed by atoms with Crippen LogP contribution in [0.3, 0.4) is 0 Å². The number of hydrogen-bond donors (Lipinski definition) is 0. The third-order valence-electron chi connectivity index (χ3n) is 10.1. The highest BCUT2D eigenvalue weighted by Gasteiger charge is 2.19. The Morgan fingerprint density at radius 3 is 1.51 bits per heavy atom. The van der Waals surface area contributed by atoms with Gasteiger partial charge in [-0.3, -0.25) is 0 Å². The minimum atomic E-state index is 0.911. The van der Waals surface area contributed by atoms with Crippen LogP contribution in [0.5, 0.6) is 0 Å². The molecule has 0 bridgehead atoms.